The molecule has 0 aromatic heterocycles. The van der Waals surface area contributed by atoms with E-state index in [9.17, 15) is 0 Å². The van der Waals surface area contributed by atoms with Crippen LogP contribution in [0.2, 0.25) is 0 Å². The summed E-state index contributed by atoms with van der Waals surface area (Å²) in [6.45, 7) is 2.14. The molecule has 0 saturated carbocycles. The van der Waals surface area contributed by atoms with Crippen LogP contribution in [0.3, 0.4) is 0 Å². The SMILES string of the molecule is CCc1[c]ccc(-c2ccccc2OC)c1. The monoisotopic (exact) mass is 211 g/mol. The van der Waals surface area contributed by atoms with Gasteiger partial charge in [0.25, 0.3) is 0 Å². The summed E-state index contributed by atoms with van der Waals surface area (Å²) in [7, 11) is 1.70. The van der Waals surface area contributed by atoms with Gasteiger partial charge in [-0.1, -0.05) is 43.3 Å². The summed E-state index contributed by atoms with van der Waals surface area (Å²) in [6.07, 6.45) is 1.00. The first-order chi connectivity index (χ1) is 7.85. The fraction of sp³-hybridized carbons (Fsp3) is 0.200. The average molecular weight is 211 g/mol. The Morgan fingerprint density at radius 3 is 2.75 bits per heavy atom. The molecule has 2 aromatic carbocycles. The van der Waals surface area contributed by atoms with E-state index >= 15 is 0 Å². The summed E-state index contributed by atoms with van der Waals surface area (Å²) in [5.74, 6) is 0.913. The largest absolute Gasteiger partial charge is 0.496 e. The molecule has 2 aromatic rings. The Labute approximate surface area is 96.7 Å². The Morgan fingerprint density at radius 1 is 1.19 bits per heavy atom. The van der Waals surface area contributed by atoms with Crippen molar-refractivity contribution in [3.8, 4) is 16.9 Å². The van der Waals surface area contributed by atoms with Crippen LogP contribution in [0.1, 0.15) is 12.5 Å². The molecule has 0 aliphatic rings. The van der Waals surface area contributed by atoms with Gasteiger partial charge < -0.3 is 4.74 Å². The van der Waals surface area contributed by atoms with E-state index in [-0.39, 0.29) is 0 Å². The third-order valence-electron chi connectivity index (χ3n) is 2.66. The summed E-state index contributed by atoms with van der Waals surface area (Å²) in [5, 5.41) is 0. The summed E-state index contributed by atoms with van der Waals surface area (Å²) in [5.41, 5.74) is 3.55. The predicted molar refractivity (Wildman–Crippen MR) is 66.6 cm³/mol. The lowest BCUT2D eigenvalue weighted by Crippen LogP contribution is -1.88. The van der Waals surface area contributed by atoms with E-state index in [4.69, 9.17) is 4.74 Å². The highest BCUT2D eigenvalue weighted by Gasteiger charge is 2.04. The lowest BCUT2D eigenvalue weighted by atomic mass is 10.0. The van der Waals surface area contributed by atoms with Crippen LogP contribution < -0.4 is 4.74 Å². The van der Waals surface area contributed by atoms with Crippen LogP contribution in [-0.2, 0) is 6.42 Å². The van der Waals surface area contributed by atoms with E-state index in [0.717, 1.165) is 17.7 Å². The van der Waals surface area contributed by atoms with Gasteiger partial charge in [-0.05, 0) is 29.7 Å². The number of benzene rings is 2. The maximum Gasteiger partial charge on any atom is 0.126 e. The van der Waals surface area contributed by atoms with Crippen molar-refractivity contribution in [2.24, 2.45) is 0 Å². The van der Waals surface area contributed by atoms with Gasteiger partial charge in [0.15, 0.2) is 0 Å². The van der Waals surface area contributed by atoms with Crippen molar-refractivity contribution < 1.29 is 4.74 Å². The van der Waals surface area contributed by atoms with Crippen molar-refractivity contribution in [3.63, 3.8) is 0 Å². The first-order valence-electron chi connectivity index (χ1n) is 5.49. The minimum Gasteiger partial charge on any atom is -0.496 e. The van der Waals surface area contributed by atoms with Crippen LogP contribution in [0.5, 0.6) is 5.75 Å². The number of ether oxygens (including phenoxy) is 1. The topological polar surface area (TPSA) is 9.23 Å². The van der Waals surface area contributed by atoms with Gasteiger partial charge in [-0.2, -0.15) is 0 Å². The number of hydrogen-bond donors (Lipinski definition) is 0. The van der Waals surface area contributed by atoms with Gasteiger partial charge in [-0.25, -0.2) is 0 Å². The van der Waals surface area contributed by atoms with Gasteiger partial charge in [0, 0.05) is 5.56 Å². The molecule has 1 heteroatoms. The van der Waals surface area contributed by atoms with Crippen LogP contribution in [0, 0.1) is 6.07 Å². The molecule has 1 radical (unpaired) electrons. The van der Waals surface area contributed by atoms with Gasteiger partial charge in [-0.15, -0.1) is 0 Å². The molecule has 0 saturated heterocycles. The first-order valence-corrected chi connectivity index (χ1v) is 5.49. The highest BCUT2D eigenvalue weighted by Crippen LogP contribution is 2.29. The molecule has 1 nitrogen and oxygen atoms in total. The summed E-state index contributed by atoms with van der Waals surface area (Å²) >= 11 is 0. The van der Waals surface area contributed by atoms with Crippen molar-refractivity contribution in [2.75, 3.05) is 7.11 Å². The molecule has 0 N–H and O–H groups in total. The zero-order valence-corrected chi connectivity index (χ0v) is 9.66. The molecule has 81 valence electrons. The fourth-order valence-corrected chi connectivity index (χ4v) is 1.77. The molecule has 0 unspecified atom stereocenters. The fourth-order valence-electron chi connectivity index (χ4n) is 1.77. The number of rotatable bonds is 3. The number of methoxy groups -OCH3 is 1. The molecular formula is C15H15O. The molecule has 0 atom stereocenters. The lowest BCUT2D eigenvalue weighted by molar-refractivity contribution is 0.416. The molecule has 0 aliphatic heterocycles. The van der Waals surface area contributed by atoms with Crippen molar-refractivity contribution in [3.05, 3.63) is 54.1 Å². The second kappa shape index (κ2) is 4.84. The smallest absolute Gasteiger partial charge is 0.126 e. The Hall–Kier alpha value is -1.76. The normalized spacial score (nSPS) is 10.1. The predicted octanol–water partition coefficient (Wildman–Crippen LogP) is 3.72. The van der Waals surface area contributed by atoms with Crippen molar-refractivity contribution >= 4 is 0 Å². The van der Waals surface area contributed by atoms with Gasteiger partial charge >= 0.3 is 0 Å². The molecule has 0 bridgehead atoms. The van der Waals surface area contributed by atoms with Crippen LogP contribution in [0.4, 0.5) is 0 Å². The highest BCUT2D eigenvalue weighted by molar-refractivity contribution is 5.70. The average Bonchev–Trinajstić information content (AvgIpc) is 2.38. The molecule has 0 spiro atoms. The second-order valence-electron chi connectivity index (χ2n) is 3.66. The second-order valence-corrected chi connectivity index (χ2v) is 3.66. The van der Waals surface area contributed by atoms with Gasteiger partial charge in [-0.3, -0.25) is 0 Å². The minimum atomic E-state index is 0.913. The van der Waals surface area contributed by atoms with Crippen molar-refractivity contribution in [1.29, 1.82) is 0 Å². The molecule has 0 heterocycles. The van der Waals surface area contributed by atoms with Gasteiger partial charge in [0.05, 0.1) is 7.11 Å². The Kier molecular flexibility index (Phi) is 3.25. The molecular weight excluding hydrogens is 196 g/mol. The maximum atomic E-state index is 5.36. The Balaban J connectivity index is 2.49. The molecule has 0 fully saturated rings. The van der Waals surface area contributed by atoms with Gasteiger partial charge in [0.2, 0.25) is 0 Å². The number of aryl methyl sites for hydroxylation is 1. The highest BCUT2D eigenvalue weighted by atomic mass is 16.5. The van der Waals surface area contributed by atoms with Crippen LogP contribution >= 0.6 is 0 Å². The van der Waals surface area contributed by atoms with Gasteiger partial charge in [0.1, 0.15) is 5.75 Å². The van der Waals surface area contributed by atoms with Crippen LogP contribution in [0.15, 0.2) is 42.5 Å². The zero-order chi connectivity index (χ0) is 11.4. The van der Waals surface area contributed by atoms with Crippen LogP contribution in [-0.4, -0.2) is 7.11 Å². The Morgan fingerprint density at radius 2 is 2.00 bits per heavy atom. The summed E-state index contributed by atoms with van der Waals surface area (Å²) in [4.78, 5) is 0. The third kappa shape index (κ3) is 2.08. The van der Waals surface area contributed by atoms with E-state index in [1.165, 1.54) is 11.1 Å². The molecule has 0 aliphatic carbocycles. The van der Waals surface area contributed by atoms with Crippen molar-refractivity contribution in [2.45, 2.75) is 13.3 Å². The zero-order valence-electron chi connectivity index (χ0n) is 9.66. The standard InChI is InChI=1S/C15H15O/c1-3-12-7-6-8-13(11-12)14-9-4-5-10-15(14)16-2/h4-6,8-11H,3H2,1-2H3. The lowest BCUT2D eigenvalue weighted by Gasteiger charge is -2.09. The van der Waals surface area contributed by atoms with Crippen molar-refractivity contribution in [1.82, 2.24) is 0 Å². The number of hydrogen-bond acceptors (Lipinski definition) is 1. The quantitative estimate of drug-likeness (QED) is 0.751. The third-order valence-corrected chi connectivity index (χ3v) is 2.66. The van der Waals surface area contributed by atoms with E-state index in [2.05, 4.69) is 31.2 Å². The minimum absolute atomic E-state index is 0.913. The first kappa shape index (κ1) is 10.7. The van der Waals surface area contributed by atoms with E-state index in [1.807, 2.05) is 24.3 Å². The molecule has 0 amide bonds. The van der Waals surface area contributed by atoms with E-state index < -0.39 is 0 Å². The van der Waals surface area contributed by atoms with Crippen LogP contribution in [0.25, 0.3) is 11.1 Å². The summed E-state index contributed by atoms with van der Waals surface area (Å²) < 4.78 is 5.36. The van der Waals surface area contributed by atoms with E-state index in [1.54, 1.807) is 7.11 Å². The maximum absolute atomic E-state index is 5.36. The van der Waals surface area contributed by atoms with E-state index in [0.29, 0.717) is 0 Å². The molecule has 16 heavy (non-hydrogen) atoms. The molecule has 2 rings (SSSR count). The summed E-state index contributed by atoms with van der Waals surface area (Å²) in [6, 6.07) is 17.5. The Bertz CT molecular complexity index is 474. The number of para-hydroxylation sites is 1.